The van der Waals surface area contributed by atoms with Crippen LogP contribution in [0.3, 0.4) is 0 Å². The summed E-state index contributed by atoms with van der Waals surface area (Å²) in [6.07, 6.45) is 15.2. The summed E-state index contributed by atoms with van der Waals surface area (Å²) in [5.74, 6) is 0. The van der Waals surface area contributed by atoms with Gasteiger partial charge < -0.3 is 0 Å². The van der Waals surface area contributed by atoms with Crippen LogP contribution in [0.4, 0.5) is 0 Å². The van der Waals surface area contributed by atoms with E-state index in [0.29, 0.717) is 0 Å². The lowest BCUT2D eigenvalue weighted by Crippen LogP contribution is -2.02. The molecule has 0 fully saturated rings. The van der Waals surface area contributed by atoms with Crippen molar-refractivity contribution in [3.8, 4) is 0 Å². The molecule has 1 aromatic carbocycles. The summed E-state index contributed by atoms with van der Waals surface area (Å²) in [6.45, 7) is 9.94. The van der Waals surface area contributed by atoms with E-state index in [1.54, 1.807) is 6.08 Å². The summed E-state index contributed by atoms with van der Waals surface area (Å²) < 4.78 is 0. The van der Waals surface area contributed by atoms with E-state index in [4.69, 9.17) is 0 Å². The molecule has 0 saturated carbocycles. The summed E-state index contributed by atoms with van der Waals surface area (Å²) in [4.78, 5) is 0. The van der Waals surface area contributed by atoms with Crippen LogP contribution in [0.15, 0.2) is 91.3 Å². The third-order valence-electron chi connectivity index (χ3n) is 2.57. The molecule has 0 aliphatic rings. The number of hydrogen-bond acceptors (Lipinski definition) is 0. The molecule has 19 heavy (non-hydrogen) atoms. The van der Waals surface area contributed by atoms with E-state index in [1.807, 2.05) is 19.1 Å². The van der Waals surface area contributed by atoms with Gasteiger partial charge in [-0.3, -0.25) is 0 Å². The molecule has 1 rings (SSSR count). The Hall–Kier alpha value is -1.65. The Morgan fingerprint density at radius 1 is 1.16 bits per heavy atom. The molecular weight excluding hydrogens is 247 g/mol. The van der Waals surface area contributed by atoms with Crippen molar-refractivity contribution in [2.24, 2.45) is 0 Å². The summed E-state index contributed by atoms with van der Waals surface area (Å²) in [5, 5.41) is 2.53. The van der Waals surface area contributed by atoms with Gasteiger partial charge in [0.1, 0.15) is 0 Å². The summed E-state index contributed by atoms with van der Waals surface area (Å²) in [5.41, 5.74) is 0. The van der Waals surface area contributed by atoms with Gasteiger partial charge in [-0.15, -0.1) is 0 Å². The van der Waals surface area contributed by atoms with Crippen molar-refractivity contribution in [2.75, 3.05) is 6.16 Å². The van der Waals surface area contributed by atoms with Gasteiger partial charge in [0.05, 0.1) is 0 Å². The Morgan fingerprint density at radius 2 is 1.89 bits per heavy atom. The van der Waals surface area contributed by atoms with Crippen LogP contribution in [0.25, 0.3) is 0 Å². The van der Waals surface area contributed by atoms with Crippen LogP contribution in [-0.4, -0.2) is 6.16 Å². The Kier molecular flexibility index (Phi) is 7.54. The summed E-state index contributed by atoms with van der Waals surface area (Å²) in [6, 6.07) is 10.6. The van der Waals surface area contributed by atoms with Crippen LogP contribution in [0, 0.1) is 0 Å². The van der Waals surface area contributed by atoms with E-state index in [0.717, 1.165) is 6.16 Å². The van der Waals surface area contributed by atoms with Crippen molar-refractivity contribution in [1.29, 1.82) is 0 Å². The molecule has 1 aromatic rings. The van der Waals surface area contributed by atoms with Crippen LogP contribution in [-0.2, 0) is 0 Å². The van der Waals surface area contributed by atoms with Crippen molar-refractivity contribution in [1.82, 2.24) is 0 Å². The predicted octanol–water partition coefficient (Wildman–Crippen LogP) is 5.18. The van der Waals surface area contributed by atoms with Crippen molar-refractivity contribution in [3.05, 3.63) is 91.3 Å². The van der Waals surface area contributed by atoms with Crippen LogP contribution < -0.4 is 5.30 Å². The molecule has 0 saturated heterocycles. The normalized spacial score (nSPS) is 13.3. The van der Waals surface area contributed by atoms with E-state index in [-0.39, 0.29) is 0 Å². The Bertz CT molecular complexity index is 478. The van der Waals surface area contributed by atoms with Gasteiger partial charge in [-0.1, -0.05) is 86.0 Å². The average Bonchev–Trinajstić information content (AvgIpc) is 2.46. The fraction of sp³-hybridized carbons (Fsp3) is 0.111. The van der Waals surface area contributed by atoms with Crippen molar-refractivity contribution < 1.29 is 0 Å². The topological polar surface area (TPSA) is 0 Å². The highest BCUT2D eigenvalue weighted by Gasteiger charge is 2.10. The molecule has 1 heteroatoms. The first-order valence-corrected chi connectivity index (χ1v) is 7.90. The Labute approximate surface area is 118 Å². The zero-order chi connectivity index (χ0) is 13.9. The summed E-state index contributed by atoms with van der Waals surface area (Å²) >= 11 is 0. The monoisotopic (exact) mass is 268 g/mol. The van der Waals surface area contributed by atoms with Crippen molar-refractivity contribution in [3.63, 3.8) is 0 Å². The fourth-order valence-corrected chi connectivity index (χ4v) is 3.53. The van der Waals surface area contributed by atoms with Gasteiger partial charge in [0.25, 0.3) is 0 Å². The quantitative estimate of drug-likeness (QED) is 0.472. The summed E-state index contributed by atoms with van der Waals surface area (Å²) in [7, 11) is -0.395. The van der Waals surface area contributed by atoms with Crippen molar-refractivity contribution >= 4 is 13.2 Å². The second-order valence-corrected chi connectivity index (χ2v) is 6.30. The van der Waals surface area contributed by atoms with Gasteiger partial charge in [-0.2, -0.15) is 0 Å². The lowest BCUT2D eigenvalue weighted by atomic mass is 10.4. The van der Waals surface area contributed by atoms with Crippen molar-refractivity contribution in [2.45, 2.75) is 6.92 Å². The number of rotatable bonds is 7. The molecule has 0 aromatic heterocycles. The maximum absolute atomic E-state index is 4.21. The Morgan fingerprint density at radius 3 is 2.53 bits per heavy atom. The van der Waals surface area contributed by atoms with Crippen LogP contribution in [0.2, 0.25) is 0 Å². The van der Waals surface area contributed by atoms with Gasteiger partial charge in [-0.05, 0) is 31.6 Å². The number of hydrogen-bond donors (Lipinski definition) is 0. The molecular formula is C18H21P. The number of allylic oxidation sites excluding steroid dienone is 8. The highest BCUT2D eigenvalue weighted by atomic mass is 31.1. The highest BCUT2D eigenvalue weighted by molar-refractivity contribution is 7.70. The number of benzene rings is 1. The van der Waals surface area contributed by atoms with E-state index in [9.17, 15) is 0 Å². The molecule has 0 aliphatic heterocycles. The molecule has 1 atom stereocenters. The SMILES string of the molecule is C=C/C=C\C(=C)P(C/C=C\C=C/C)c1ccccc1. The third-order valence-corrected chi connectivity index (χ3v) is 4.91. The average molecular weight is 268 g/mol. The van der Waals surface area contributed by atoms with Gasteiger partial charge in [0.2, 0.25) is 0 Å². The molecule has 98 valence electrons. The third kappa shape index (κ3) is 5.68. The zero-order valence-electron chi connectivity index (χ0n) is 11.5. The Balaban J connectivity index is 2.88. The molecule has 0 nitrogen and oxygen atoms in total. The fourth-order valence-electron chi connectivity index (χ4n) is 1.62. The van der Waals surface area contributed by atoms with Gasteiger partial charge in [0, 0.05) is 0 Å². The molecule has 0 radical (unpaired) electrons. The minimum absolute atomic E-state index is 0.395. The molecule has 0 aliphatic carbocycles. The first kappa shape index (κ1) is 15.4. The van der Waals surface area contributed by atoms with E-state index in [1.165, 1.54) is 10.6 Å². The molecule has 0 N–H and O–H groups in total. The van der Waals surface area contributed by atoms with E-state index in [2.05, 4.69) is 67.8 Å². The highest BCUT2D eigenvalue weighted by Crippen LogP contribution is 2.43. The van der Waals surface area contributed by atoms with Gasteiger partial charge in [-0.25, -0.2) is 0 Å². The van der Waals surface area contributed by atoms with Gasteiger partial charge >= 0.3 is 0 Å². The molecule has 0 bridgehead atoms. The molecule has 0 heterocycles. The minimum Gasteiger partial charge on any atom is -0.0991 e. The minimum atomic E-state index is -0.395. The lowest BCUT2D eigenvalue weighted by Gasteiger charge is -2.16. The maximum atomic E-state index is 4.21. The predicted molar refractivity (Wildman–Crippen MR) is 90.3 cm³/mol. The first-order chi connectivity index (χ1) is 9.29. The van der Waals surface area contributed by atoms with Crippen LogP contribution >= 0.6 is 7.92 Å². The second-order valence-electron chi connectivity index (χ2n) is 3.99. The largest absolute Gasteiger partial charge is 0.0991 e. The standard InChI is InChI=1S/C18H21P/c1-4-6-8-12-16-19(17(3)13-7-5-2)18-14-10-9-11-15-18/h4-15H,2-3,16H2,1H3/b6-4-,12-8-,13-7-. The van der Waals surface area contributed by atoms with E-state index >= 15 is 0 Å². The lowest BCUT2D eigenvalue weighted by molar-refractivity contribution is 1.67. The molecule has 0 amide bonds. The van der Waals surface area contributed by atoms with Gasteiger partial charge in [0.15, 0.2) is 0 Å². The van der Waals surface area contributed by atoms with Crippen LogP contribution in [0.1, 0.15) is 6.92 Å². The zero-order valence-corrected chi connectivity index (χ0v) is 12.4. The maximum Gasteiger partial charge on any atom is -0.00613 e. The van der Waals surface area contributed by atoms with Crippen LogP contribution in [0.5, 0.6) is 0 Å². The molecule has 1 unspecified atom stereocenters. The second kappa shape index (κ2) is 9.30. The first-order valence-electron chi connectivity index (χ1n) is 6.38. The van der Waals surface area contributed by atoms with E-state index < -0.39 is 7.92 Å². The molecule has 0 spiro atoms. The smallest absolute Gasteiger partial charge is 0.00613 e.